The van der Waals surface area contributed by atoms with E-state index in [2.05, 4.69) is 13.8 Å². The molecule has 2 saturated heterocycles. The first-order valence-electron chi connectivity index (χ1n) is 10.9. The first-order chi connectivity index (χ1) is 14.9. The molecule has 0 spiro atoms. The van der Waals surface area contributed by atoms with Crippen LogP contribution in [-0.4, -0.2) is 35.7 Å². The number of ether oxygens (including phenoxy) is 2. The Morgan fingerprint density at radius 1 is 1.06 bits per heavy atom. The summed E-state index contributed by atoms with van der Waals surface area (Å²) >= 11 is 6.11. The zero-order chi connectivity index (χ0) is 22.0. The van der Waals surface area contributed by atoms with E-state index in [1.165, 1.54) is 4.90 Å². The summed E-state index contributed by atoms with van der Waals surface area (Å²) < 4.78 is 11.2. The molecule has 164 valence electrons. The van der Waals surface area contributed by atoms with Gasteiger partial charge in [-0.05, 0) is 61.8 Å². The molecule has 2 heterocycles. The van der Waals surface area contributed by atoms with Gasteiger partial charge in [0.05, 0.1) is 12.2 Å². The summed E-state index contributed by atoms with van der Waals surface area (Å²) in [6.45, 7) is 4.34. The molecule has 0 aliphatic carbocycles. The van der Waals surface area contributed by atoms with Gasteiger partial charge in [0, 0.05) is 11.4 Å². The monoisotopic (exact) mass is 441 g/mol. The Balaban J connectivity index is 1.60. The maximum Gasteiger partial charge on any atom is 0.417 e. The maximum absolute atomic E-state index is 13.5. The number of amides is 2. The number of nitrogens with zero attached hydrogens (tertiary/aromatic N) is 1. The van der Waals surface area contributed by atoms with Gasteiger partial charge in [0.15, 0.2) is 0 Å². The predicted molar refractivity (Wildman–Crippen MR) is 119 cm³/mol. The quantitative estimate of drug-likeness (QED) is 0.593. The molecule has 0 unspecified atom stereocenters. The smallest absolute Gasteiger partial charge is 0.417 e. The van der Waals surface area contributed by atoms with Crippen molar-refractivity contribution in [2.24, 2.45) is 5.92 Å². The van der Waals surface area contributed by atoms with Crippen molar-refractivity contribution in [3.05, 3.63) is 70.7 Å². The van der Waals surface area contributed by atoms with Crippen LogP contribution in [0.25, 0.3) is 0 Å². The number of carbonyl (C=O) groups is 2. The molecule has 0 radical (unpaired) electrons. The molecule has 6 heteroatoms. The molecule has 2 amide bonds. The van der Waals surface area contributed by atoms with Gasteiger partial charge >= 0.3 is 6.09 Å². The number of hydrogen-bond acceptors (Lipinski definition) is 4. The molecular formula is C25H28ClNO4. The van der Waals surface area contributed by atoms with Crippen molar-refractivity contribution < 1.29 is 19.1 Å². The number of hydrogen-bond donors (Lipinski definition) is 0. The van der Waals surface area contributed by atoms with E-state index in [0.29, 0.717) is 5.02 Å². The number of cyclic esters (lactones) is 1. The molecule has 5 nitrogen and oxygen atoms in total. The summed E-state index contributed by atoms with van der Waals surface area (Å²) in [6.07, 6.45) is 1.68. The lowest BCUT2D eigenvalue weighted by molar-refractivity contribution is -0.130. The van der Waals surface area contributed by atoms with Crippen LogP contribution in [0.5, 0.6) is 0 Å². The topological polar surface area (TPSA) is 55.8 Å². The molecule has 2 fully saturated rings. The van der Waals surface area contributed by atoms with E-state index in [0.717, 1.165) is 24.0 Å². The Kier molecular flexibility index (Phi) is 6.63. The molecule has 2 aliphatic heterocycles. The first kappa shape index (κ1) is 21.8. The first-order valence-corrected chi connectivity index (χ1v) is 11.2. The molecule has 0 N–H and O–H groups in total. The molecular weight excluding hydrogens is 414 g/mol. The lowest BCUT2D eigenvalue weighted by Gasteiger charge is -2.37. The molecule has 2 aliphatic rings. The summed E-state index contributed by atoms with van der Waals surface area (Å²) in [5.41, 5.74) is 1.96. The van der Waals surface area contributed by atoms with Crippen LogP contribution < -0.4 is 0 Å². The largest absolute Gasteiger partial charge is 0.446 e. The third-order valence-corrected chi connectivity index (χ3v) is 6.57. The molecule has 2 aromatic carbocycles. The normalized spacial score (nSPS) is 27.1. The fourth-order valence-corrected chi connectivity index (χ4v) is 5.08. The molecule has 2 aromatic rings. The Bertz CT molecular complexity index is 907. The van der Waals surface area contributed by atoms with Crippen molar-refractivity contribution in [3.8, 4) is 0 Å². The van der Waals surface area contributed by atoms with Gasteiger partial charge in [0.2, 0.25) is 5.91 Å². The van der Waals surface area contributed by atoms with Crippen LogP contribution in [0.2, 0.25) is 5.02 Å². The van der Waals surface area contributed by atoms with E-state index in [1.807, 2.05) is 54.6 Å². The molecule has 0 aromatic heterocycles. The summed E-state index contributed by atoms with van der Waals surface area (Å²) in [5, 5.41) is 0.662. The van der Waals surface area contributed by atoms with Gasteiger partial charge in [-0.2, -0.15) is 0 Å². The molecule has 0 bridgehead atoms. The van der Waals surface area contributed by atoms with Crippen molar-refractivity contribution in [2.45, 2.75) is 57.3 Å². The summed E-state index contributed by atoms with van der Waals surface area (Å²) in [6, 6.07) is 16.9. The highest BCUT2D eigenvalue weighted by molar-refractivity contribution is 6.30. The number of benzene rings is 2. The van der Waals surface area contributed by atoms with Crippen molar-refractivity contribution in [1.29, 1.82) is 0 Å². The zero-order valence-corrected chi connectivity index (χ0v) is 18.6. The third-order valence-electron chi connectivity index (χ3n) is 6.32. The van der Waals surface area contributed by atoms with E-state index in [9.17, 15) is 9.59 Å². The highest BCUT2D eigenvalue weighted by Crippen LogP contribution is 2.40. The fraction of sp³-hybridized carbons (Fsp3) is 0.440. The maximum atomic E-state index is 13.5. The molecule has 31 heavy (non-hydrogen) atoms. The molecule has 4 rings (SSSR count). The second kappa shape index (κ2) is 9.41. The van der Waals surface area contributed by atoms with Crippen molar-refractivity contribution in [3.63, 3.8) is 0 Å². The van der Waals surface area contributed by atoms with Crippen molar-refractivity contribution >= 4 is 23.6 Å². The molecule has 5 atom stereocenters. The van der Waals surface area contributed by atoms with Gasteiger partial charge in [-0.15, -0.1) is 0 Å². The van der Waals surface area contributed by atoms with Gasteiger partial charge in [0.1, 0.15) is 12.6 Å². The molecule has 0 saturated carbocycles. The van der Waals surface area contributed by atoms with Crippen LogP contribution in [0.4, 0.5) is 4.79 Å². The minimum atomic E-state index is -0.567. The standard InChI is InChI=1S/C25H28ClNO4/c1-16-12-20(13-17(2)31-16)22(18-8-10-21(26)11-9-18)14-24(28)27-23(15-30-25(27)29)19-6-4-3-5-7-19/h3-11,16-17,20,22-23H,12-15H2,1-2H3/t16-,17+,20+,22-,23+/m0/s1. The number of rotatable bonds is 5. The third kappa shape index (κ3) is 4.94. The summed E-state index contributed by atoms with van der Waals surface area (Å²) in [7, 11) is 0. The fourth-order valence-electron chi connectivity index (χ4n) is 4.96. The van der Waals surface area contributed by atoms with Crippen LogP contribution in [-0.2, 0) is 14.3 Å². The Labute approximate surface area is 188 Å². The van der Waals surface area contributed by atoms with Gasteiger partial charge < -0.3 is 9.47 Å². The lowest BCUT2D eigenvalue weighted by Crippen LogP contribution is -2.38. The van der Waals surface area contributed by atoms with Crippen molar-refractivity contribution in [1.82, 2.24) is 4.90 Å². The van der Waals surface area contributed by atoms with Crippen LogP contribution in [0.15, 0.2) is 54.6 Å². The van der Waals surface area contributed by atoms with Crippen LogP contribution >= 0.6 is 11.6 Å². The second-order valence-corrected chi connectivity index (χ2v) is 9.05. The van der Waals surface area contributed by atoms with Crippen LogP contribution in [0, 0.1) is 5.92 Å². The number of carbonyl (C=O) groups excluding carboxylic acids is 2. The highest BCUT2D eigenvalue weighted by atomic mass is 35.5. The SMILES string of the molecule is C[C@@H]1C[C@H]([C@@H](CC(=O)N2C(=O)OC[C@@H]2c2ccccc2)c2ccc(Cl)cc2)C[C@H](C)O1. The van der Waals surface area contributed by atoms with Crippen LogP contribution in [0.1, 0.15) is 56.2 Å². The van der Waals surface area contributed by atoms with E-state index < -0.39 is 6.09 Å². The van der Waals surface area contributed by atoms with Crippen molar-refractivity contribution in [2.75, 3.05) is 6.61 Å². The number of imide groups is 1. The Hall–Kier alpha value is -2.37. The summed E-state index contributed by atoms with van der Waals surface area (Å²) in [5.74, 6) is 0.0455. The zero-order valence-electron chi connectivity index (χ0n) is 17.9. The predicted octanol–water partition coefficient (Wildman–Crippen LogP) is 5.74. The average Bonchev–Trinajstić information content (AvgIpc) is 3.14. The van der Waals surface area contributed by atoms with E-state index in [-0.39, 0.29) is 49.0 Å². The Morgan fingerprint density at radius 2 is 1.71 bits per heavy atom. The van der Waals surface area contributed by atoms with Gasteiger partial charge in [-0.1, -0.05) is 54.1 Å². The average molecular weight is 442 g/mol. The van der Waals surface area contributed by atoms with Gasteiger partial charge in [-0.3, -0.25) is 4.79 Å². The minimum Gasteiger partial charge on any atom is -0.446 e. The van der Waals surface area contributed by atoms with E-state index in [1.54, 1.807) is 0 Å². The van der Waals surface area contributed by atoms with Crippen LogP contribution in [0.3, 0.4) is 0 Å². The van der Waals surface area contributed by atoms with E-state index >= 15 is 0 Å². The van der Waals surface area contributed by atoms with Gasteiger partial charge in [0.25, 0.3) is 0 Å². The second-order valence-electron chi connectivity index (χ2n) is 8.62. The van der Waals surface area contributed by atoms with Gasteiger partial charge in [-0.25, -0.2) is 9.69 Å². The highest BCUT2D eigenvalue weighted by Gasteiger charge is 2.41. The summed E-state index contributed by atoms with van der Waals surface area (Å²) in [4.78, 5) is 27.2. The Morgan fingerprint density at radius 3 is 2.35 bits per heavy atom. The minimum absolute atomic E-state index is 0.0246. The van der Waals surface area contributed by atoms with E-state index in [4.69, 9.17) is 21.1 Å². The lowest BCUT2D eigenvalue weighted by atomic mass is 9.76. The number of halogens is 1.